The van der Waals surface area contributed by atoms with Gasteiger partial charge < -0.3 is 14.4 Å². The molecule has 5 heteroatoms. The van der Waals surface area contributed by atoms with Gasteiger partial charge >= 0.3 is 0 Å². The monoisotopic (exact) mass is 448 g/mol. The van der Waals surface area contributed by atoms with Crippen LogP contribution in [0.2, 0.25) is 0 Å². The first-order valence-corrected chi connectivity index (χ1v) is 12.5. The summed E-state index contributed by atoms with van der Waals surface area (Å²) in [7, 11) is 1.70. The van der Waals surface area contributed by atoms with Gasteiger partial charge in [-0.3, -0.25) is 9.69 Å². The quantitative estimate of drug-likeness (QED) is 0.633. The average Bonchev–Trinajstić information content (AvgIpc) is 3.48. The third-order valence-electron chi connectivity index (χ3n) is 7.93. The number of ether oxygens (including phenoxy) is 2. The van der Waals surface area contributed by atoms with Crippen LogP contribution in [-0.4, -0.2) is 54.6 Å². The predicted molar refractivity (Wildman–Crippen MR) is 130 cm³/mol. The number of carbonyl (C=O) groups is 1. The number of rotatable bonds is 6. The summed E-state index contributed by atoms with van der Waals surface area (Å²) in [4.78, 5) is 17.1. The second-order valence-electron chi connectivity index (χ2n) is 9.94. The van der Waals surface area contributed by atoms with Crippen molar-refractivity contribution in [3.8, 4) is 11.5 Å². The Bertz CT molecular complexity index is 954. The van der Waals surface area contributed by atoms with Gasteiger partial charge in [0, 0.05) is 56.5 Å². The van der Waals surface area contributed by atoms with Crippen LogP contribution in [0, 0.1) is 5.92 Å². The Hall–Kier alpha value is -2.53. The fraction of sp³-hybridized carbons (Fsp3) is 0.536. The van der Waals surface area contributed by atoms with Crippen LogP contribution in [0.25, 0.3) is 0 Å². The van der Waals surface area contributed by atoms with Crippen LogP contribution in [0.4, 0.5) is 0 Å². The van der Waals surface area contributed by atoms with E-state index in [0.717, 1.165) is 44.1 Å². The number of methoxy groups -OCH3 is 1. The van der Waals surface area contributed by atoms with Crippen LogP contribution < -0.4 is 9.47 Å². The van der Waals surface area contributed by atoms with Crippen molar-refractivity contribution in [1.29, 1.82) is 0 Å². The van der Waals surface area contributed by atoms with Gasteiger partial charge in [-0.05, 0) is 55.9 Å². The second kappa shape index (κ2) is 9.76. The van der Waals surface area contributed by atoms with Gasteiger partial charge in [-0.2, -0.15) is 0 Å². The largest absolute Gasteiger partial charge is 0.497 e. The van der Waals surface area contributed by atoms with E-state index in [9.17, 15) is 4.79 Å². The first-order valence-electron chi connectivity index (χ1n) is 12.5. The van der Waals surface area contributed by atoms with Crippen molar-refractivity contribution in [2.24, 2.45) is 5.92 Å². The van der Waals surface area contributed by atoms with E-state index in [1.165, 1.54) is 36.8 Å². The van der Waals surface area contributed by atoms with E-state index in [0.29, 0.717) is 24.0 Å². The highest BCUT2D eigenvalue weighted by Crippen LogP contribution is 2.42. The van der Waals surface area contributed by atoms with Crippen LogP contribution in [0.15, 0.2) is 48.5 Å². The number of piperidine rings is 1. The molecule has 3 aliphatic rings. The zero-order valence-corrected chi connectivity index (χ0v) is 19.9. The zero-order valence-electron chi connectivity index (χ0n) is 19.9. The van der Waals surface area contributed by atoms with Gasteiger partial charge in [0.15, 0.2) is 0 Å². The minimum Gasteiger partial charge on any atom is -0.497 e. The highest BCUT2D eigenvalue weighted by molar-refractivity contribution is 5.74. The molecule has 2 saturated heterocycles. The molecule has 3 atom stereocenters. The smallest absolute Gasteiger partial charge is 0.219 e. The number of amides is 1. The molecule has 3 fully saturated rings. The fourth-order valence-electron chi connectivity index (χ4n) is 6.19. The maximum atomic E-state index is 12.4. The molecule has 0 bridgehead atoms. The van der Waals surface area contributed by atoms with Gasteiger partial charge in [-0.25, -0.2) is 0 Å². The molecule has 0 N–H and O–H groups in total. The molecule has 5 rings (SSSR count). The summed E-state index contributed by atoms with van der Waals surface area (Å²) in [5, 5.41) is 0. The van der Waals surface area contributed by atoms with E-state index in [-0.39, 0.29) is 5.91 Å². The predicted octanol–water partition coefficient (Wildman–Crippen LogP) is 4.85. The molecule has 0 aromatic heterocycles. The third kappa shape index (κ3) is 4.74. The van der Waals surface area contributed by atoms with E-state index in [1.807, 2.05) is 12.1 Å². The second-order valence-corrected chi connectivity index (χ2v) is 9.94. The molecule has 0 unspecified atom stereocenters. The minimum atomic E-state index is 0.199. The van der Waals surface area contributed by atoms with E-state index in [2.05, 4.69) is 46.2 Å². The Labute approximate surface area is 197 Å². The molecule has 2 heterocycles. The molecule has 5 nitrogen and oxygen atoms in total. The number of fused-ring (bicyclic) bond motifs is 1. The third-order valence-corrected chi connectivity index (χ3v) is 7.93. The highest BCUT2D eigenvalue weighted by atomic mass is 16.5. The molecular formula is C28H36N2O3. The summed E-state index contributed by atoms with van der Waals surface area (Å²) in [6.07, 6.45) is 6.31. The van der Waals surface area contributed by atoms with Crippen LogP contribution in [0.3, 0.4) is 0 Å². The SMILES string of the molecule is COc1ccc([C@H]2CN(C(C)=O)[C@@H]3CCN(Cc4ccccc4OC4CCCC4)C[C@H]23)cc1. The number of hydrogen-bond acceptors (Lipinski definition) is 4. The molecule has 2 aliphatic heterocycles. The van der Waals surface area contributed by atoms with Crippen LogP contribution in [0.5, 0.6) is 11.5 Å². The Morgan fingerprint density at radius 1 is 1.00 bits per heavy atom. The van der Waals surface area contributed by atoms with E-state index < -0.39 is 0 Å². The summed E-state index contributed by atoms with van der Waals surface area (Å²) in [6, 6.07) is 17.3. The maximum absolute atomic E-state index is 12.4. The van der Waals surface area contributed by atoms with Crippen LogP contribution in [0.1, 0.15) is 56.1 Å². The number of para-hydroxylation sites is 1. The molecule has 2 aromatic carbocycles. The van der Waals surface area contributed by atoms with Crippen molar-refractivity contribution < 1.29 is 14.3 Å². The molecule has 0 spiro atoms. The zero-order chi connectivity index (χ0) is 22.8. The molecule has 0 radical (unpaired) electrons. The Morgan fingerprint density at radius 2 is 1.76 bits per heavy atom. The topological polar surface area (TPSA) is 42.0 Å². The lowest BCUT2D eigenvalue weighted by Crippen LogP contribution is -2.47. The van der Waals surface area contributed by atoms with Crippen molar-refractivity contribution in [1.82, 2.24) is 9.80 Å². The number of nitrogens with zero attached hydrogens (tertiary/aromatic N) is 2. The van der Waals surface area contributed by atoms with Gasteiger partial charge in [0.1, 0.15) is 11.5 Å². The summed E-state index contributed by atoms with van der Waals surface area (Å²) >= 11 is 0. The average molecular weight is 449 g/mol. The van der Waals surface area contributed by atoms with Gasteiger partial charge in [0.25, 0.3) is 0 Å². The van der Waals surface area contributed by atoms with Gasteiger partial charge in [-0.1, -0.05) is 30.3 Å². The minimum absolute atomic E-state index is 0.199. The molecular weight excluding hydrogens is 412 g/mol. The first kappa shape index (κ1) is 22.3. The van der Waals surface area contributed by atoms with Gasteiger partial charge in [0.2, 0.25) is 5.91 Å². The summed E-state index contributed by atoms with van der Waals surface area (Å²) in [6.45, 7) is 5.45. The Kier molecular flexibility index (Phi) is 6.59. The summed E-state index contributed by atoms with van der Waals surface area (Å²) in [5.74, 6) is 2.93. The highest BCUT2D eigenvalue weighted by Gasteiger charge is 2.46. The number of carbonyl (C=O) groups excluding carboxylic acids is 1. The first-order chi connectivity index (χ1) is 16.1. The summed E-state index contributed by atoms with van der Waals surface area (Å²) in [5.41, 5.74) is 2.59. The van der Waals surface area contributed by atoms with Gasteiger partial charge in [0.05, 0.1) is 13.2 Å². The van der Waals surface area contributed by atoms with E-state index in [1.54, 1.807) is 14.0 Å². The van der Waals surface area contributed by atoms with Crippen LogP contribution in [-0.2, 0) is 11.3 Å². The normalized spacial score (nSPS) is 25.8. The molecule has 1 amide bonds. The van der Waals surface area contributed by atoms with Crippen molar-refractivity contribution in [2.45, 2.75) is 63.6 Å². The van der Waals surface area contributed by atoms with E-state index in [4.69, 9.17) is 9.47 Å². The molecule has 1 aliphatic carbocycles. The Morgan fingerprint density at radius 3 is 2.48 bits per heavy atom. The number of likely N-dealkylation sites (tertiary alicyclic amines) is 2. The Balaban J connectivity index is 1.33. The molecule has 33 heavy (non-hydrogen) atoms. The van der Waals surface area contributed by atoms with Crippen LogP contribution >= 0.6 is 0 Å². The van der Waals surface area contributed by atoms with Gasteiger partial charge in [-0.15, -0.1) is 0 Å². The fourth-order valence-corrected chi connectivity index (χ4v) is 6.19. The standard InChI is InChI=1S/C28H36N2O3/c1-20(31)30-19-25(21-11-13-23(32-2)14-12-21)26-18-29(16-15-27(26)30)17-22-7-3-6-10-28(22)33-24-8-4-5-9-24/h3,6-7,10-14,24-27H,4-5,8-9,15-19H2,1-2H3/t25-,26-,27-/m1/s1. The lowest BCUT2D eigenvalue weighted by atomic mass is 9.81. The molecule has 2 aromatic rings. The van der Waals surface area contributed by atoms with Crippen molar-refractivity contribution >= 4 is 5.91 Å². The van der Waals surface area contributed by atoms with Crippen molar-refractivity contribution in [2.75, 3.05) is 26.7 Å². The number of benzene rings is 2. The molecule has 176 valence electrons. The van der Waals surface area contributed by atoms with Crippen molar-refractivity contribution in [3.05, 3.63) is 59.7 Å². The van der Waals surface area contributed by atoms with E-state index >= 15 is 0 Å². The maximum Gasteiger partial charge on any atom is 0.219 e. The van der Waals surface area contributed by atoms with Crippen molar-refractivity contribution in [3.63, 3.8) is 0 Å². The summed E-state index contributed by atoms with van der Waals surface area (Å²) < 4.78 is 11.8. The molecule has 1 saturated carbocycles. The lowest BCUT2D eigenvalue weighted by molar-refractivity contribution is -0.130. The number of hydrogen-bond donors (Lipinski definition) is 0. The lowest BCUT2D eigenvalue weighted by Gasteiger charge is -2.39.